The highest BCUT2D eigenvalue weighted by molar-refractivity contribution is 5.53. The number of methoxy groups -OCH3 is 3. The Bertz CT molecular complexity index is 820. The summed E-state index contributed by atoms with van der Waals surface area (Å²) in [6, 6.07) is 15.7. The highest BCUT2D eigenvalue weighted by Gasteiger charge is 2.27. The second-order valence-corrected chi connectivity index (χ2v) is 8.84. The molecule has 0 N–H and O–H groups in total. The second-order valence-electron chi connectivity index (χ2n) is 8.84. The maximum Gasteiger partial charge on any atom is 0.203 e. The molecule has 6 heteroatoms. The normalized spacial score (nSPS) is 19.1. The lowest BCUT2D eigenvalue weighted by Crippen LogP contribution is -2.52. The van der Waals surface area contributed by atoms with Crippen LogP contribution in [0.1, 0.15) is 24.0 Å². The average Bonchev–Trinajstić information content (AvgIpc) is 2.85. The van der Waals surface area contributed by atoms with Crippen molar-refractivity contribution >= 4 is 0 Å². The number of piperazine rings is 1. The number of ether oxygens (including phenoxy) is 3. The van der Waals surface area contributed by atoms with E-state index in [1.165, 1.54) is 37.1 Å². The summed E-state index contributed by atoms with van der Waals surface area (Å²) in [6.07, 6.45) is 2.55. The molecule has 0 amide bonds. The first-order valence-electron chi connectivity index (χ1n) is 11.7. The third-order valence-electron chi connectivity index (χ3n) is 6.86. The van der Waals surface area contributed by atoms with Crippen LogP contribution < -0.4 is 14.2 Å². The summed E-state index contributed by atoms with van der Waals surface area (Å²) >= 11 is 0. The van der Waals surface area contributed by atoms with Crippen molar-refractivity contribution in [2.75, 3.05) is 60.6 Å². The molecule has 4 rings (SSSR count). The van der Waals surface area contributed by atoms with E-state index in [9.17, 15) is 0 Å². The minimum absolute atomic E-state index is 0.655. The van der Waals surface area contributed by atoms with Crippen LogP contribution >= 0.6 is 0 Å². The highest BCUT2D eigenvalue weighted by atomic mass is 16.5. The van der Waals surface area contributed by atoms with E-state index in [4.69, 9.17) is 14.2 Å². The fourth-order valence-electron chi connectivity index (χ4n) is 5.06. The number of likely N-dealkylation sites (tertiary alicyclic amines) is 1. The molecule has 2 aromatic rings. The Hall–Kier alpha value is -2.28. The summed E-state index contributed by atoms with van der Waals surface area (Å²) in [5.74, 6) is 2.10. The van der Waals surface area contributed by atoms with Crippen molar-refractivity contribution in [2.45, 2.75) is 32.0 Å². The zero-order valence-electron chi connectivity index (χ0n) is 19.8. The van der Waals surface area contributed by atoms with Crippen LogP contribution in [0.5, 0.6) is 17.2 Å². The van der Waals surface area contributed by atoms with Gasteiger partial charge >= 0.3 is 0 Å². The molecule has 32 heavy (non-hydrogen) atoms. The molecule has 174 valence electrons. The van der Waals surface area contributed by atoms with E-state index in [1.807, 2.05) is 0 Å². The maximum atomic E-state index is 5.52. The number of hydrogen-bond acceptors (Lipinski definition) is 6. The number of piperidine rings is 1. The van der Waals surface area contributed by atoms with E-state index >= 15 is 0 Å². The second kappa shape index (κ2) is 11.0. The average molecular weight is 440 g/mol. The molecular weight excluding hydrogens is 402 g/mol. The van der Waals surface area contributed by atoms with Crippen LogP contribution in [-0.4, -0.2) is 81.3 Å². The smallest absolute Gasteiger partial charge is 0.203 e. The predicted octanol–water partition coefficient (Wildman–Crippen LogP) is 3.49. The number of hydrogen-bond donors (Lipinski definition) is 0. The molecule has 0 bridgehead atoms. The third-order valence-corrected chi connectivity index (χ3v) is 6.86. The van der Waals surface area contributed by atoms with Crippen LogP contribution in [0.3, 0.4) is 0 Å². The monoisotopic (exact) mass is 439 g/mol. The molecule has 0 spiro atoms. The van der Waals surface area contributed by atoms with Gasteiger partial charge in [-0.05, 0) is 49.2 Å². The van der Waals surface area contributed by atoms with Gasteiger partial charge in [-0.2, -0.15) is 0 Å². The third kappa shape index (κ3) is 5.55. The van der Waals surface area contributed by atoms with Gasteiger partial charge < -0.3 is 14.2 Å². The van der Waals surface area contributed by atoms with Gasteiger partial charge in [-0.1, -0.05) is 30.3 Å². The SMILES string of the molecule is COc1cc(CN2CCN(C3CCN(Cc4ccccc4)CC3)CC2)cc(OC)c1OC. The van der Waals surface area contributed by atoms with E-state index < -0.39 is 0 Å². The first-order chi connectivity index (χ1) is 15.7. The van der Waals surface area contributed by atoms with Gasteiger partial charge in [0.05, 0.1) is 21.3 Å². The van der Waals surface area contributed by atoms with Crippen molar-refractivity contribution < 1.29 is 14.2 Å². The van der Waals surface area contributed by atoms with Crippen molar-refractivity contribution in [1.29, 1.82) is 0 Å². The summed E-state index contributed by atoms with van der Waals surface area (Å²) < 4.78 is 16.5. The molecule has 2 heterocycles. The Labute approximate surface area is 192 Å². The van der Waals surface area contributed by atoms with Crippen LogP contribution in [-0.2, 0) is 13.1 Å². The quantitative estimate of drug-likeness (QED) is 0.627. The van der Waals surface area contributed by atoms with Gasteiger partial charge in [0.15, 0.2) is 11.5 Å². The van der Waals surface area contributed by atoms with Gasteiger partial charge in [0, 0.05) is 45.3 Å². The summed E-state index contributed by atoms with van der Waals surface area (Å²) in [7, 11) is 4.99. The Morgan fingerprint density at radius 3 is 1.81 bits per heavy atom. The zero-order valence-corrected chi connectivity index (χ0v) is 19.8. The van der Waals surface area contributed by atoms with Crippen molar-refractivity contribution in [2.24, 2.45) is 0 Å². The lowest BCUT2D eigenvalue weighted by molar-refractivity contribution is 0.0549. The Morgan fingerprint density at radius 1 is 0.688 bits per heavy atom. The van der Waals surface area contributed by atoms with Crippen LogP contribution in [0.4, 0.5) is 0 Å². The standard InChI is InChI=1S/C26H37N3O3/c1-30-24-17-22(18-25(31-2)26(24)32-3)20-28-13-15-29(16-14-28)23-9-11-27(12-10-23)19-21-7-5-4-6-8-21/h4-8,17-18,23H,9-16,19-20H2,1-3H3. The molecular formula is C26H37N3O3. The number of nitrogens with zero attached hydrogens (tertiary/aromatic N) is 3. The van der Waals surface area contributed by atoms with Crippen molar-refractivity contribution in [1.82, 2.24) is 14.7 Å². The molecule has 2 fully saturated rings. The molecule has 2 aliphatic heterocycles. The number of rotatable bonds is 8. The molecule has 0 aromatic heterocycles. The van der Waals surface area contributed by atoms with Crippen LogP contribution in [0.2, 0.25) is 0 Å². The van der Waals surface area contributed by atoms with Gasteiger partial charge in [-0.15, -0.1) is 0 Å². The van der Waals surface area contributed by atoms with E-state index in [1.54, 1.807) is 21.3 Å². The molecule has 0 radical (unpaired) electrons. The molecule has 6 nitrogen and oxygen atoms in total. The molecule has 0 aliphatic carbocycles. The summed E-state index contributed by atoms with van der Waals surface area (Å²) in [5, 5.41) is 0. The zero-order chi connectivity index (χ0) is 22.3. The number of benzene rings is 2. The van der Waals surface area contributed by atoms with Crippen LogP contribution in [0, 0.1) is 0 Å². The summed E-state index contributed by atoms with van der Waals surface area (Å²) in [6.45, 7) is 8.87. The summed E-state index contributed by atoms with van der Waals surface area (Å²) in [5.41, 5.74) is 2.62. The van der Waals surface area contributed by atoms with Gasteiger partial charge in [-0.25, -0.2) is 0 Å². The van der Waals surface area contributed by atoms with Gasteiger partial charge in [-0.3, -0.25) is 14.7 Å². The first kappa shape index (κ1) is 22.9. The van der Waals surface area contributed by atoms with Gasteiger partial charge in [0.2, 0.25) is 5.75 Å². The fraction of sp³-hybridized carbons (Fsp3) is 0.538. The fourth-order valence-corrected chi connectivity index (χ4v) is 5.06. The van der Waals surface area contributed by atoms with E-state index in [2.05, 4.69) is 57.2 Å². The molecule has 0 saturated carbocycles. The Morgan fingerprint density at radius 2 is 1.25 bits per heavy atom. The predicted molar refractivity (Wildman–Crippen MR) is 128 cm³/mol. The largest absolute Gasteiger partial charge is 0.493 e. The Kier molecular flexibility index (Phi) is 7.90. The van der Waals surface area contributed by atoms with E-state index in [-0.39, 0.29) is 0 Å². The molecule has 2 saturated heterocycles. The lowest BCUT2D eigenvalue weighted by Gasteiger charge is -2.43. The minimum Gasteiger partial charge on any atom is -0.493 e. The minimum atomic E-state index is 0.655. The van der Waals surface area contributed by atoms with Crippen LogP contribution in [0.25, 0.3) is 0 Å². The van der Waals surface area contributed by atoms with Gasteiger partial charge in [0.25, 0.3) is 0 Å². The first-order valence-corrected chi connectivity index (χ1v) is 11.7. The van der Waals surface area contributed by atoms with Crippen molar-refractivity contribution in [3.05, 3.63) is 53.6 Å². The summed E-state index contributed by atoms with van der Waals surface area (Å²) in [4.78, 5) is 7.85. The Balaban J connectivity index is 1.25. The van der Waals surface area contributed by atoms with Crippen molar-refractivity contribution in [3.63, 3.8) is 0 Å². The molecule has 0 unspecified atom stereocenters. The molecule has 0 atom stereocenters. The van der Waals surface area contributed by atoms with Gasteiger partial charge in [0.1, 0.15) is 0 Å². The topological polar surface area (TPSA) is 37.4 Å². The van der Waals surface area contributed by atoms with Crippen LogP contribution in [0.15, 0.2) is 42.5 Å². The van der Waals surface area contributed by atoms with Crippen molar-refractivity contribution in [3.8, 4) is 17.2 Å². The molecule has 2 aliphatic rings. The van der Waals surface area contributed by atoms with E-state index in [0.717, 1.165) is 56.8 Å². The highest BCUT2D eigenvalue weighted by Crippen LogP contribution is 2.38. The molecule has 2 aromatic carbocycles. The maximum absolute atomic E-state index is 5.52. The van der Waals surface area contributed by atoms with E-state index in [0.29, 0.717) is 5.75 Å². The lowest BCUT2D eigenvalue weighted by atomic mass is 10.0.